The number of esters is 1. The molecule has 2 aromatic rings. The van der Waals surface area contributed by atoms with Crippen molar-refractivity contribution in [3.8, 4) is 0 Å². The van der Waals surface area contributed by atoms with E-state index in [4.69, 9.17) is 10.5 Å². The molecule has 0 aliphatic heterocycles. The van der Waals surface area contributed by atoms with Gasteiger partial charge in [0, 0.05) is 23.9 Å². The van der Waals surface area contributed by atoms with Gasteiger partial charge in [0.2, 0.25) is 5.95 Å². The molecule has 0 radical (unpaired) electrons. The highest BCUT2D eigenvalue weighted by atomic mass is 16.5. The van der Waals surface area contributed by atoms with Gasteiger partial charge in [-0.05, 0) is 51.5 Å². The highest BCUT2D eigenvalue weighted by molar-refractivity contribution is 5.80. The summed E-state index contributed by atoms with van der Waals surface area (Å²) in [4.78, 5) is 32.2. The number of carbonyl (C=O) groups excluding carboxylic acids is 2. The third kappa shape index (κ3) is 4.09. The highest BCUT2D eigenvalue weighted by Gasteiger charge is 2.29. The number of hydrogen-bond donors (Lipinski definition) is 2. The fourth-order valence-electron chi connectivity index (χ4n) is 3.04. The normalized spacial score (nSPS) is 15.0. The average molecular weight is 360 g/mol. The minimum Gasteiger partial charge on any atom is -0.456 e. The molecule has 140 valence electrons. The van der Waals surface area contributed by atoms with Crippen molar-refractivity contribution in [3.05, 3.63) is 17.0 Å². The minimum absolute atomic E-state index is 0.138. The molecule has 9 nitrogen and oxygen atoms in total. The molecule has 3 rings (SSSR count). The Kier molecular flexibility index (Phi) is 5.06. The first kappa shape index (κ1) is 18.1. The SMILES string of the molecule is Cc1nc2nc(N)nn2c(C)c1CCC(=O)OCC(=O)N[C@H](C)C1CC1. The first-order chi connectivity index (χ1) is 12.3. The molecule has 2 aromatic heterocycles. The minimum atomic E-state index is -0.420. The Hall–Kier alpha value is -2.71. The van der Waals surface area contributed by atoms with Gasteiger partial charge in [-0.3, -0.25) is 9.59 Å². The van der Waals surface area contributed by atoms with Gasteiger partial charge in [0.1, 0.15) is 0 Å². The van der Waals surface area contributed by atoms with E-state index in [0.29, 0.717) is 18.1 Å². The third-order valence-electron chi connectivity index (χ3n) is 4.73. The summed E-state index contributed by atoms with van der Waals surface area (Å²) in [7, 11) is 0. The lowest BCUT2D eigenvalue weighted by molar-refractivity contribution is -0.148. The van der Waals surface area contributed by atoms with E-state index in [1.807, 2.05) is 20.8 Å². The molecule has 9 heteroatoms. The smallest absolute Gasteiger partial charge is 0.306 e. The fourth-order valence-corrected chi connectivity index (χ4v) is 3.04. The number of nitrogens with one attached hydrogen (secondary N) is 1. The van der Waals surface area contributed by atoms with Crippen molar-refractivity contribution < 1.29 is 14.3 Å². The maximum Gasteiger partial charge on any atom is 0.306 e. The Labute approximate surface area is 151 Å². The number of fused-ring (bicyclic) bond motifs is 1. The number of nitrogen functional groups attached to an aromatic ring is 1. The van der Waals surface area contributed by atoms with E-state index in [-0.39, 0.29) is 30.9 Å². The fraction of sp³-hybridized carbons (Fsp3) is 0.588. The Morgan fingerprint density at radius 2 is 2.08 bits per heavy atom. The van der Waals surface area contributed by atoms with Crippen LogP contribution in [0.5, 0.6) is 0 Å². The number of aryl methyl sites for hydroxylation is 2. The molecule has 1 fully saturated rings. The quantitative estimate of drug-likeness (QED) is 0.697. The van der Waals surface area contributed by atoms with Crippen LogP contribution in [0.4, 0.5) is 5.95 Å². The lowest BCUT2D eigenvalue weighted by Crippen LogP contribution is -2.37. The number of rotatable bonds is 7. The Morgan fingerprint density at radius 3 is 2.77 bits per heavy atom. The molecule has 0 aromatic carbocycles. The van der Waals surface area contributed by atoms with Crippen LogP contribution in [-0.2, 0) is 20.7 Å². The summed E-state index contributed by atoms with van der Waals surface area (Å²) in [6.07, 6.45) is 2.90. The number of aromatic nitrogens is 4. The number of nitrogens with zero attached hydrogens (tertiary/aromatic N) is 4. The Bertz CT molecular complexity index is 843. The number of nitrogens with two attached hydrogens (primary N) is 1. The zero-order valence-electron chi connectivity index (χ0n) is 15.3. The molecule has 26 heavy (non-hydrogen) atoms. The molecule has 0 saturated heterocycles. The van der Waals surface area contributed by atoms with Crippen molar-refractivity contribution in [2.75, 3.05) is 12.3 Å². The van der Waals surface area contributed by atoms with Crippen LogP contribution in [0.15, 0.2) is 0 Å². The predicted molar refractivity (Wildman–Crippen MR) is 94.3 cm³/mol. The second-order valence-electron chi connectivity index (χ2n) is 6.80. The lowest BCUT2D eigenvalue weighted by Gasteiger charge is -2.13. The first-order valence-corrected chi connectivity index (χ1v) is 8.78. The number of hydrogen-bond acceptors (Lipinski definition) is 7. The summed E-state index contributed by atoms with van der Waals surface area (Å²) in [6, 6.07) is 0.138. The number of ether oxygens (including phenoxy) is 1. The predicted octanol–water partition coefficient (Wildman–Crippen LogP) is 0.714. The van der Waals surface area contributed by atoms with Crippen molar-refractivity contribution in [2.45, 2.75) is 52.5 Å². The summed E-state index contributed by atoms with van der Waals surface area (Å²) in [5, 5.41) is 6.95. The largest absolute Gasteiger partial charge is 0.456 e. The summed E-state index contributed by atoms with van der Waals surface area (Å²) >= 11 is 0. The number of anilines is 1. The molecule has 0 spiro atoms. The van der Waals surface area contributed by atoms with Gasteiger partial charge < -0.3 is 15.8 Å². The van der Waals surface area contributed by atoms with Gasteiger partial charge in [-0.15, -0.1) is 5.10 Å². The van der Waals surface area contributed by atoms with E-state index >= 15 is 0 Å². The highest BCUT2D eigenvalue weighted by Crippen LogP contribution is 2.32. The zero-order valence-corrected chi connectivity index (χ0v) is 15.3. The van der Waals surface area contributed by atoms with E-state index in [0.717, 1.165) is 29.8 Å². The second-order valence-corrected chi connectivity index (χ2v) is 6.80. The van der Waals surface area contributed by atoms with E-state index in [1.165, 1.54) is 0 Å². The zero-order chi connectivity index (χ0) is 18.8. The molecule has 1 atom stereocenters. The Balaban J connectivity index is 1.52. The molecule has 2 heterocycles. The van der Waals surface area contributed by atoms with Crippen LogP contribution in [0.3, 0.4) is 0 Å². The topological polar surface area (TPSA) is 124 Å². The van der Waals surface area contributed by atoms with Crippen LogP contribution < -0.4 is 11.1 Å². The number of amides is 1. The van der Waals surface area contributed by atoms with Gasteiger partial charge in [-0.2, -0.15) is 9.50 Å². The molecule has 1 aliphatic carbocycles. The summed E-state index contributed by atoms with van der Waals surface area (Å²) < 4.78 is 6.64. The van der Waals surface area contributed by atoms with Crippen molar-refractivity contribution in [3.63, 3.8) is 0 Å². The third-order valence-corrected chi connectivity index (χ3v) is 4.73. The van der Waals surface area contributed by atoms with Crippen LogP contribution in [0, 0.1) is 19.8 Å². The van der Waals surface area contributed by atoms with Crippen molar-refractivity contribution in [1.82, 2.24) is 24.9 Å². The van der Waals surface area contributed by atoms with E-state index in [1.54, 1.807) is 4.52 Å². The summed E-state index contributed by atoms with van der Waals surface area (Å²) in [5.41, 5.74) is 8.11. The van der Waals surface area contributed by atoms with Gasteiger partial charge in [0.25, 0.3) is 11.7 Å². The van der Waals surface area contributed by atoms with Crippen LogP contribution in [-0.4, -0.2) is 44.1 Å². The summed E-state index contributed by atoms with van der Waals surface area (Å²) in [6.45, 7) is 5.46. The van der Waals surface area contributed by atoms with Gasteiger partial charge >= 0.3 is 5.97 Å². The summed E-state index contributed by atoms with van der Waals surface area (Å²) in [5.74, 6) is 0.477. The monoisotopic (exact) mass is 360 g/mol. The molecule has 3 N–H and O–H groups in total. The van der Waals surface area contributed by atoms with Crippen molar-refractivity contribution in [1.29, 1.82) is 0 Å². The molecule has 0 bridgehead atoms. The molecule has 1 amide bonds. The van der Waals surface area contributed by atoms with Crippen LogP contribution in [0.2, 0.25) is 0 Å². The van der Waals surface area contributed by atoms with Gasteiger partial charge in [-0.25, -0.2) is 4.98 Å². The molecular formula is C17H24N6O3. The molecule has 1 aliphatic rings. The molecular weight excluding hydrogens is 336 g/mol. The van der Waals surface area contributed by atoms with Crippen LogP contribution >= 0.6 is 0 Å². The first-order valence-electron chi connectivity index (χ1n) is 8.78. The Morgan fingerprint density at radius 1 is 1.35 bits per heavy atom. The average Bonchev–Trinajstić information content (AvgIpc) is 3.35. The lowest BCUT2D eigenvalue weighted by atomic mass is 10.1. The second kappa shape index (κ2) is 7.27. The van der Waals surface area contributed by atoms with E-state index in [2.05, 4.69) is 20.4 Å². The van der Waals surface area contributed by atoms with Gasteiger partial charge in [0.15, 0.2) is 6.61 Å². The van der Waals surface area contributed by atoms with Crippen LogP contribution in [0.25, 0.3) is 5.78 Å². The van der Waals surface area contributed by atoms with Crippen LogP contribution in [0.1, 0.15) is 43.1 Å². The van der Waals surface area contributed by atoms with Gasteiger partial charge in [0.05, 0.1) is 0 Å². The van der Waals surface area contributed by atoms with Crippen molar-refractivity contribution in [2.24, 2.45) is 5.92 Å². The molecule has 0 unspecified atom stereocenters. The van der Waals surface area contributed by atoms with E-state index in [9.17, 15) is 9.59 Å². The number of carbonyl (C=O) groups is 2. The maximum atomic E-state index is 12.0. The van der Waals surface area contributed by atoms with Crippen molar-refractivity contribution >= 4 is 23.6 Å². The standard InChI is InChI=1S/C17H24N6O3/c1-9(12-4-5-12)19-14(24)8-26-15(25)7-6-13-10(2)20-17-21-16(18)22-23(17)11(13)3/h9,12H,4-8H2,1-3H3,(H2,18,22)(H,19,24)/t9-/m1/s1. The molecule has 1 saturated carbocycles. The maximum absolute atomic E-state index is 12.0. The van der Waals surface area contributed by atoms with E-state index < -0.39 is 5.97 Å². The van der Waals surface area contributed by atoms with Gasteiger partial charge in [-0.1, -0.05) is 0 Å².